The standard InChI is InChI=1S/C22H18FN3O2S2/c23-18-10-6-16(7-11-18)20-21(17-8-12-19(13-9-17)30(24,27)28)29-22(26-20)25-14-15-4-2-1-3-5-15/h1-13H,14H2,(H,25,26)(H2,24,27,28). The van der Waals surface area contributed by atoms with Crippen LogP contribution in [-0.4, -0.2) is 13.4 Å². The van der Waals surface area contributed by atoms with Crippen LogP contribution in [0.25, 0.3) is 21.7 Å². The average Bonchev–Trinajstić information content (AvgIpc) is 3.17. The molecule has 0 unspecified atom stereocenters. The van der Waals surface area contributed by atoms with Gasteiger partial charge >= 0.3 is 0 Å². The summed E-state index contributed by atoms with van der Waals surface area (Å²) in [6.45, 7) is 0.612. The lowest BCUT2D eigenvalue weighted by Gasteiger charge is -2.04. The largest absolute Gasteiger partial charge is 0.357 e. The molecule has 4 rings (SSSR count). The molecule has 0 spiro atoms. The fourth-order valence-corrected chi connectivity index (χ4v) is 4.47. The van der Waals surface area contributed by atoms with E-state index in [1.165, 1.54) is 35.6 Å². The van der Waals surface area contributed by atoms with E-state index in [0.29, 0.717) is 17.4 Å². The van der Waals surface area contributed by atoms with Gasteiger partial charge in [0.1, 0.15) is 5.82 Å². The van der Waals surface area contributed by atoms with Gasteiger partial charge in [-0.2, -0.15) is 0 Å². The molecule has 3 N–H and O–H groups in total. The minimum absolute atomic E-state index is 0.0431. The van der Waals surface area contributed by atoms with Crippen molar-refractivity contribution >= 4 is 26.5 Å². The first-order chi connectivity index (χ1) is 14.4. The summed E-state index contributed by atoms with van der Waals surface area (Å²) in [5, 5.41) is 9.23. The Morgan fingerprint density at radius 3 is 2.17 bits per heavy atom. The van der Waals surface area contributed by atoms with Crippen LogP contribution in [0, 0.1) is 5.82 Å². The number of nitrogens with one attached hydrogen (secondary N) is 1. The lowest BCUT2D eigenvalue weighted by molar-refractivity contribution is 0.598. The molecule has 0 bridgehead atoms. The highest BCUT2D eigenvalue weighted by molar-refractivity contribution is 7.89. The number of hydrogen-bond donors (Lipinski definition) is 2. The summed E-state index contributed by atoms with van der Waals surface area (Å²) in [5.41, 5.74) is 3.38. The predicted molar refractivity (Wildman–Crippen MR) is 118 cm³/mol. The summed E-state index contributed by atoms with van der Waals surface area (Å²) in [6.07, 6.45) is 0. The minimum Gasteiger partial charge on any atom is -0.357 e. The van der Waals surface area contributed by atoms with Crippen LogP contribution in [0.4, 0.5) is 9.52 Å². The summed E-state index contributed by atoms with van der Waals surface area (Å²) < 4.78 is 36.5. The van der Waals surface area contributed by atoms with Gasteiger partial charge in [0.25, 0.3) is 0 Å². The van der Waals surface area contributed by atoms with E-state index in [2.05, 4.69) is 5.32 Å². The van der Waals surface area contributed by atoms with Crippen LogP contribution in [-0.2, 0) is 16.6 Å². The van der Waals surface area contributed by atoms with E-state index in [1.807, 2.05) is 30.3 Å². The Hall–Kier alpha value is -3.07. The van der Waals surface area contributed by atoms with Gasteiger partial charge in [-0.25, -0.2) is 22.9 Å². The van der Waals surface area contributed by atoms with E-state index in [-0.39, 0.29) is 10.7 Å². The van der Waals surface area contributed by atoms with E-state index >= 15 is 0 Å². The van der Waals surface area contributed by atoms with Crippen molar-refractivity contribution in [3.05, 3.63) is 90.2 Å². The fraction of sp³-hybridized carbons (Fsp3) is 0.0455. The van der Waals surface area contributed by atoms with Crippen molar-refractivity contribution < 1.29 is 12.8 Å². The molecule has 5 nitrogen and oxygen atoms in total. The van der Waals surface area contributed by atoms with Crippen LogP contribution in [0.15, 0.2) is 83.8 Å². The third kappa shape index (κ3) is 4.56. The lowest BCUT2D eigenvalue weighted by Crippen LogP contribution is -2.11. The molecule has 30 heavy (non-hydrogen) atoms. The number of nitrogens with two attached hydrogens (primary N) is 1. The maximum absolute atomic E-state index is 13.4. The van der Waals surface area contributed by atoms with Crippen LogP contribution in [0.5, 0.6) is 0 Å². The van der Waals surface area contributed by atoms with Gasteiger partial charge in [-0.3, -0.25) is 0 Å². The zero-order chi connectivity index (χ0) is 21.1. The Labute approximate surface area is 178 Å². The molecule has 0 aliphatic rings. The first kappa shape index (κ1) is 20.2. The van der Waals surface area contributed by atoms with Crippen molar-refractivity contribution in [3.8, 4) is 21.7 Å². The van der Waals surface area contributed by atoms with Crippen molar-refractivity contribution in [3.63, 3.8) is 0 Å². The first-order valence-corrected chi connectivity index (χ1v) is 11.4. The minimum atomic E-state index is -3.77. The molecular weight excluding hydrogens is 421 g/mol. The quantitative estimate of drug-likeness (QED) is 0.449. The Kier molecular flexibility index (Phi) is 5.63. The van der Waals surface area contributed by atoms with Crippen LogP contribution < -0.4 is 10.5 Å². The maximum atomic E-state index is 13.4. The van der Waals surface area contributed by atoms with E-state index in [0.717, 1.165) is 21.6 Å². The summed E-state index contributed by atoms with van der Waals surface area (Å²) in [7, 11) is -3.77. The van der Waals surface area contributed by atoms with Crippen molar-refractivity contribution in [1.29, 1.82) is 0 Å². The molecule has 0 aliphatic heterocycles. The van der Waals surface area contributed by atoms with Crippen molar-refractivity contribution in [2.45, 2.75) is 11.4 Å². The van der Waals surface area contributed by atoms with E-state index < -0.39 is 10.0 Å². The number of hydrogen-bond acceptors (Lipinski definition) is 5. The molecular formula is C22H18FN3O2S2. The number of anilines is 1. The Balaban J connectivity index is 1.71. The van der Waals surface area contributed by atoms with E-state index in [4.69, 9.17) is 10.1 Å². The third-order valence-corrected chi connectivity index (χ3v) is 6.47. The predicted octanol–water partition coefficient (Wildman–Crippen LogP) is 4.88. The highest BCUT2D eigenvalue weighted by atomic mass is 32.2. The lowest BCUT2D eigenvalue weighted by atomic mass is 10.1. The van der Waals surface area contributed by atoms with Crippen molar-refractivity contribution in [2.24, 2.45) is 5.14 Å². The Bertz CT molecular complexity index is 1250. The monoisotopic (exact) mass is 439 g/mol. The van der Waals surface area contributed by atoms with E-state index in [1.54, 1.807) is 24.3 Å². The molecule has 1 heterocycles. The van der Waals surface area contributed by atoms with Crippen LogP contribution in [0.1, 0.15) is 5.56 Å². The summed E-state index contributed by atoms with van der Waals surface area (Å²) in [6, 6.07) is 22.4. The zero-order valence-electron chi connectivity index (χ0n) is 15.7. The smallest absolute Gasteiger partial charge is 0.238 e. The molecule has 0 fully saturated rings. The second-order valence-corrected chi connectivity index (χ2v) is 9.17. The molecule has 8 heteroatoms. The zero-order valence-corrected chi connectivity index (χ0v) is 17.4. The van der Waals surface area contributed by atoms with E-state index in [9.17, 15) is 12.8 Å². The van der Waals surface area contributed by atoms with Crippen molar-refractivity contribution in [1.82, 2.24) is 4.98 Å². The Morgan fingerprint density at radius 2 is 1.53 bits per heavy atom. The van der Waals surface area contributed by atoms with Gasteiger partial charge in [-0.05, 0) is 47.5 Å². The summed E-state index contributed by atoms with van der Waals surface area (Å²) in [4.78, 5) is 5.60. The molecule has 4 aromatic rings. The number of halogens is 1. The molecule has 0 aliphatic carbocycles. The number of primary sulfonamides is 1. The maximum Gasteiger partial charge on any atom is 0.238 e. The number of sulfonamides is 1. The molecule has 0 saturated heterocycles. The van der Waals surface area contributed by atoms with Gasteiger partial charge in [0, 0.05) is 12.1 Å². The summed E-state index contributed by atoms with van der Waals surface area (Å²) in [5.74, 6) is -0.324. The number of benzene rings is 3. The van der Waals surface area contributed by atoms with Gasteiger partial charge in [-0.15, -0.1) is 0 Å². The topological polar surface area (TPSA) is 85.1 Å². The average molecular weight is 440 g/mol. The van der Waals surface area contributed by atoms with Gasteiger partial charge < -0.3 is 5.32 Å². The number of aromatic nitrogens is 1. The third-order valence-electron chi connectivity index (χ3n) is 4.48. The Morgan fingerprint density at radius 1 is 0.900 bits per heavy atom. The van der Waals surface area contributed by atoms with Crippen LogP contribution in [0.3, 0.4) is 0 Å². The van der Waals surface area contributed by atoms with Gasteiger partial charge in [0.05, 0.1) is 15.5 Å². The molecule has 152 valence electrons. The number of nitrogens with zero attached hydrogens (tertiary/aromatic N) is 1. The summed E-state index contributed by atoms with van der Waals surface area (Å²) >= 11 is 1.45. The molecule has 0 saturated carbocycles. The first-order valence-electron chi connectivity index (χ1n) is 9.08. The number of thiazole rings is 1. The fourth-order valence-electron chi connectivity index (χ4n) is 2.96. The second-order valence-electron chi connectivity index (χ2n) is 6.61. The second kappa shape index (κ2) is 8.35. The van der Waals surface area contributed by atoms with Crippen LogP contribution in [0.2, 0.25) is 0 Å². The number of rotatable bonds is 6. The van der Waals surface area contributed by atoms with Gasteiger partial charge in [0.15, 0.2) is 5.13 Å². The van der Waals surface area contributed by atoms with Crippen molar-refractivity contribution in [2.75, 3.05) is 5.32 Å². The van der Waals surface area contributed by atoms with Gasteiger partial charge in [-0.1, -0.05) is 53.8 Å². The molecule has 0 radical (unpaired) electrons. The highest BCUT2D eigenvalue weighted by Gasteiger charge is 2.16. The highest BCUT2D eigenvalue weighted by Crippen LogP contribution is 2.39. The molecule has 0 amide bonds. The normalized spacial score (nSPS) is 11.4. The van der Waals surface area contributed by atoms with Gasteiger partial charge in [0.2, 0.25) is 10.0 Å². The molecule has 0 atom stereocenters. The van der Waals surface area contributed by atoms with Crippen LogP contribution >= 0.6 is 11.3 Å². The SMILES string of the molecule is NS(=O)(=O)c1ccc(-c2sc(NCc3ccccc3)nc2-c2ccc(F)cc2)cc1. The molecule has 1 aromatic heterocycles. The molecule has 3 aromatic carbocycles.